The van der Waals surface area contributed by atoms with Crippen molar-refractivity contribution >= 4 is 11.8 Å². The summed E-state index contributed by atoms with van der Waals surface area (Å²) >= 11 is 0. The SMILES string of the molecule is CC(C)=CCC[C@]1(C)/C=C/[C@@H](OC(=O)C=C(C)C)[C@@](C)(O)/C=C/C(=O)/C(CO)=C\C1. The van der Waals surface area contributed by atoms with Gasteiger partial charge in [-0.15, -0.1) is 0 Å². The van der Waals surface area contributed by atoms with Crippen molar-refractivity contribution in [3.05, 3.63) is 59.3 Å². The Morgan fingerprint density at radius 1 is 1.20 bits per heavy atom. The van der Waals surface area contributed by atoms with E-state index in [0.29, 0.717) is 6.42 Å². The standard InChI is InChI=1S/C25H36O5/c1-18(2)8-7-12-24(5)13-9-20(17-26)21(27)10-15-25(6,29)22(11-14-24)30-23(28)16-19(3)4/h8-11,14-16,22,26,29H,7,12-13,17H2,1-6H3/b14-11+,15-10+,20-9-/t22-,24+,25+/m1/s1. The summed E-state index contributed by atoms with van der Waals surface area (Å²) in [5, 5.41) is 20.6. The van der Waals surface area contributed by atoms with E-state index in [0.717, 1.165) is 18.4 Å². The number of esters is 1. The average molecular weight is 417 g/mol. The summed E-state index contributed by atoms with van der Waals surface area (Å²) in [5.41, 5.74) is 0.344. The second-order valence-electron chi connectivity index (χ2n) is 8.93. The number of ketones is 1. The van der Waals surface area contributed by atoms with E-state index in [2.05, 4.69) is 6.08 Å². The smallest absolute Gasteiger partial charge is 0.331 e. The van der Waals surface area contributed by atoms with Crippen LogP contribution in [0.3, 0.4) is 0 Å². The van der Waals surface area contributed by atoms with Gasteiger partial charge in [0.25, 0.3) is 0 Å². The summed E-state index contributed by atoms with van der Waals surface area (Å²) in [5.74, 6) is -0.930. The summed E-state index contributed by atoms with van der Waals surface area (Å²) in [6.07, 6.45) is 12.7. The van der Waals surface area contributed by atoms with E-state index in [9.17, 15) is 19.8 Å². The Bertz CT molecular complexity index is 771. The Labute approximate surface area is 180 Å². The van der Waals surface area contributed by atoms with Crippen LogP contribution in [-0.2, 0) is 14.3 Å². The molecule has 0 heterocycles. The van der Waals surface area contributed by atoms with Crippen LogP contribution in [-0.4, -0.2) is 40.3 Å². The fourth-order valence-corrected chi connectivity index (χ4v) is 3.06. The number of carbonyl (C=O) groups excluding carboxylic acids is 2. The quantitative estimate of drug-likeness (QED) is 0.382. The molecule has 0 amide bonds. The van der Waals surface area contributed by atoms with Gasteiger partial charge in [-0.3, -0.25) is 4.79 Å². The molecule has 2 N–H and O–H groups in total. The minimum atomic E-state index is -1.59. The first-order valence-electron chi connectivity index (χ1n) is 10.3. The summed E-state index contributed by atoms with van der Waals surface area (Å²) in [7, 11) is 0. The molecule has 1 aliphatic rings. The summed E-state index contributed by atoms with van der Waals surface area (Å²) in [6, 6.07) is 0. The first kappa shape index (κ1) is 25.8. The van der Waals surface area contributed by atoms with Crippen LogP contribution in [0.4, 0.5) is 0 Å². The van der Waals surface area contributed by atoms with E-state index in [-0.39, 0.29) is 23.4 Å². The van der Waals surface area contributed by atoms with Gasteiger partial charge in [0.2, 0.25) is 0 Å². The molecular weight excluding hydrogens is 380 g/mol. The Balaban J connectivity index is 3.38. The summed E-state index contributed by atoms with van der Waals surface area (Å²) in [4.78, 5) is 24.7. The molecule has 30 heavy (non-hydrogen) atoms. The molecule has 166 valence electrons. The van der Waals surface area contributed by atoms with Gasteiger partial charge < -0.3 is 14.9 Å². The predicted molar refractivity (Wildman–Crippen MR) is 120 cm³/mol. The first-order valence-corrected chi connectivity index (χ1v) is 10.3. The minimum absolute atomic E-state index is 0.281. The molecule has 0 aliphatic heterocycles. The Morgan fingerprint density at radius 2 is 1.87 bits per heavy atom. The van der Waals surface area contributed by atoms with Gasteiger partial charge in [0.05, 0.1) is 6.61 Å². The van der Waals surface area contributed by atoms with Crippen LogP contribution in [0.15, 0.2) is 59.3 Å². The van der Waals surface area contributed by atoms with Gasteiger partial charge in [-0.2, -0.15) is 0 Å². The zero-order valence-corrected chi connectivity index (χ0v) is 19.1. The zero-order valence-electron chi connectivity index (χ0n) is 19.1. The van der Waals surface area contributed by atoms with Crippen molar-refractivity contribution in [1.29, 1.82) is 0 Å². The van der Waals surface area contributed by atoms with Crippen LogP contribution in [0.5, 0.6) is 0 Å². The Hall–Kier alpha value is -2.24. The molecule has 0 bridgehead atoms. The molecule has 0 unspecified atom stereocenters. The van der Waals surface area contributed by atoms with Crippen molar-refractivity contribution in [2.45, 2.75) is 72.5 Å². The van der Waals surface area contributed by atoms with E-state index in [1.807, 2.05) is 26.8 Å². The third-order valence-corrected chi connectivity index (χ3v) is 5.04. The molecule has 0 spiro atoms. The van der Waals surface area contributed by atoms with E-state index in [1.54, 1.807) is 26.0 Å². The lowest BCUT2D eigenvalue weighted by molar-refractivity contribution is -0.148. The van der Waals surface area contributed by atoms with Crippen molar-refractivity contribution in [3.8, 4) is 0 Å². The lowest BCUT2D eigenvalue weighted by Crippen LogP contribution is -2.39. The Kier molecular flexibility index (Phi) is 9.66. The van der Waals surface area contributed by atoms with Crippen molar-refractivity contribution < 1.29 is 24.5 Å². The number of allylic oxidation sites excluding steroid dienone is 6. The number of aliphatic hydroxyl groups excluding tert-OH is 1. The van der Waals surface area contributed by atoms with Crippen LogP contribution in [0.1, 0.15) is 60.8 Å². The predicted octanol–water partition coefficient (Wildman–Crippen LogP) is 4.37. The van der Waals surface area contributed by atoms with Crippen molar-refractivity contribution in [2.75, 3.05) is 6.61 Å². The van der Waals surface area contributed by atoms with Crippen molar-refractivity contribution in [1.82, 2.24) is 0 Å². The highest BCUT2D eigenvalue weighted by Crippen LogP contribution is 2.33. The molecule has 3 atom stereocenters. The van der Waals surface area contributed by atoms with Gasteiger partial charge in [0.1, 0.15) is 5.60 Å². The molecule has 0 fully saturated rings. The van der Waals surface area contributed by atoms with E-state index < -0.39 is 17.7 Å². The number of hydrogen-bond acceptors (Lipinski definition) is 5. The normalized spacial score (nSPS) is 30.9. The summed E-state index contributed by atoms with van der Waals surface area (Å²) < 4.78 is 5.52. The molecule has 0 radical (unpaired) electrons. The number of rotatable bonds is 6. The number of ether oxygens (including phenoxy) is 1. The van der Waals surface area contributed by atoms with Gasteiger partial charge in [0.15, 0.2) is 11.9 Å². The average Bonchev–Trinajstić information content (AvgIpc) is 2.63. The molecule has 0 aromatic carbocycles. The minimum Gasteiger partial charge on any atom is -0.452 e. The molecule has 0 saturated carbocycles. The molecule has 5 heteroatoms. The van der Waals surface area contributed by atoms with E-state index >= 15 is 0 Å². The monoisotopic (exact) mass is 416 g/mol. The first-order chi connectivity index (χ1) is 13.9. The van der Waals surface area contributed by atoms with E-state index in [4.69, 9.17) is 4.74 Å². The highest BCUT2D eigenvalue weighted by molar-refractivity contribution is 6.04. The fraction of sp³-hybridized carbons (Fsp3) is 0.520. The number of carbonyl (C=O) groups is 2. The van der Waals surface area contributed by atoms with Crippen LogP contribution in [0, 0.1) is 5.41 Å². The second kappa shape index (κ2) is 11.2. The Morgan fingerprint density at radius 3 is 2.43 bits per heavy atom. The third kappa shape index (κ3) is 8.64. The maximum atomic E-state index is 12.5. The van der Waals surface area contributed by atoms with Crippen LogP contribution < -0.4 is 0 Å². The van der Waals surface area contributed by atoms with Gasteiger partial charge in [-0.05, 0) is 77.5 Å². The molecule has 1 aliphatic carbocycles. The topological polar surface area (TPSA) is 83.8 Å². The van der Waals surface area contributed by atoms with Gasteiger partial charge in [-0.25, -0.2) is 4.79 Å². The van der Waals surface area contributed by atoms with Crippen LogP contribution in [0.2, 0.25) is 0 Å². The molecule has 0 saturated heterocycles. The zero-order chi connectivity index (χ0) is 22.9. The fourth-order valence-electron chi connectivity index (χ4n) is 3.06. The maximum absolute atomic E-state index is 12.5. The second-order valence-corrected chi connectivity index (χ2v) is 8.93. The van der Waals surface area contributed by atoms with Gasteiger partial charge in [0, 0.05) is 11.6 Å². The lowest BCUT2D eigenvalue weighted by Gasteiger charge is -2.29. The molecule has 0 aromatic heterocycles. The van der Waals surface area contributed by atoms with Gasteiger partial charge in [-0.1, -0.05) is 36.3 Å². The molecule has 0 aromatic rings. The molecule has 5 nitrogen and oxygen atoms in total. The molecular formula is C25H36O5. The highest BCUT2D eigenvalue weighted by atomic mass is 16.6. The van der Waals surface area contributed by atoms with Crippen molar-refractivity contribution in [3.63, 3.8) is 0 Å². The highest BCUT2D eigenvalue weighted by Gasteiger charge is 2.32. The molecule has 1 rings (SSSR count). The van der Waals surface area contributed by atoms with Crippen molar-refractivity contribution in [2.24, 2.45) is 5.41 Å². The lowest BCUT2D eigenvalue weighted by atomic mass is 9.80. The van der Waals surface area contributed by atoms with Crippen LogP contribution in [0.25, 0.3) is 0 Å². The summed E-state index contributed by atoms with van der Waals surface area (Å²) in [6.45, 7) is 10.8. The van der Waals surface area contributed by atoms with Crippen LogP contribution >= 0.6 is 0 Å². The maximum Gasteiger partial charge on any atom is 0.331 e. The number of aliphatic hydroxyl groups is 2. The van der Waals surface area contributed by atoms with E-state index in [1.165, 1.54) is 30.7 Å². The largest absolute Gasteiger partial charge is 0.452 e. The third-order valence-electron chi connectivity index (χ3n) is 5.04. The number of hydrogen-bond donors (Lipinski definition) is 2. The van der Waals surface area contributed by atoms with Gasteiger partial charge >= 0.3 is 5.97 Å².